The van der Waals surface area contributed by atoms with Crippen LogP contribution in [0.5, 0.6) is 0 Å². The smallest absolute Gasteiger partial charge is 0.146 e. The lowest BCUT2D eigenvalue weighted by Gasteiger charge is -2.38. The third-order valence-corrected chi connectivity index (χ3v) is 4.11. The van der Waals surface area contributed by atoms with Crippen molar-refractivity contribution < 1.29 is 4.39 Å². The van der Waals surface area contributed by atoms with Crippen molar-refractivity contribution in [2.24, 2.45) is 0 Å². The number of nitrogens with one attached hydrogen (secondary N) is 1. The molecule has 0 aliphatic carbocycles. The Morgan fingerprint density at radius 2 is 1.76 bits per heavy atom. The van der Waals surface area contributed by atoms with E-state index in [2.05, 4.69) is 42.8 Å². The van der Waals surface area contributed by atoms with Gasteiger partial charge in [-0.3, -0.25) is 4.90 Å². The molecular weight excluding hydrogens is 265 g/mol. The number of benzene rings is 1. The van der Waals surface area contributed by atoms with Crippen LogP contribution in [0, 0.1) is 5.82 Å². The number of hydrogen-bond donors (Lipinski definition) is 1. The van der Waals surface area contributed by atoms with Gasteiger partial charge in [0.1, 0.15) is 5.82 Å². The van der Waals surface area contributed by atoms with E-state index in [0.717, 1.165) is 44.0 Å². The summed E-state index contributed by atoms with van der Waals surface area (Å²) in [5, 5.41) is 3.32. The molecule has 1 N–H and O–H groups in total. The Bertz CT molecular complexity index is 451. The number of nitrogens with zero attached hydrogens (tertiary/aromatic N) is 2. The Hall–Kier alpha value is -1.13. The van der Waals surface area contributed by atoms with Crippen LogP contribution in [0.15, 0.2) is 18.2 Å². The first-order valence-corrected chi connectivity index (χ1v) is 7.98. The highest BCUT2D eigenvalue weighted by molar-refractivity contribution is 5.49. The van der Waals surface area contributed by atoms with E-state index < -0.39 is 0 Å². The van der Waals surface area contributed by atoms with Crippen molar-refractivity contribution in [3.8, 4) is 0 Å². The van der Waals surface area contributed by atoms with Crippen molar-refractivity contribution in [3.63, 3.8) is 0 Å². The second kappa shape index (κ2) is 7.23. The van der Waals surface area contributed by atoms with Crippen LogP contribution < -0.4 is 10.2 Å². The molecule has 118 valence electrons. The molecule has 0 bridgehead atoms. The molecule has 0 radical (unpaired) electrons. The summed E-state index contributed by atoms with van der Waals surface area (Å²) in [7, 11) is 0. The van der Waals surface area contributed by atoms with E-state index in [4.69, 9.17) is 0 Å². The SMILES string of the molecule is CC(C)NCc1ccc(N2CCN(C(C)C)CC2)c(F)c1. The van der Waals surface area contributed by atoms with Crippen LogP contribution in [-0.4, -0.2) is 43.2 Å². The Morgan fingerprint density at radius 3 is 2.29 bits per heavy atom. The van der Waals surface area contributed by atoms with Gasteiger partial charge in [0, 0.05) is 44.8 Å². The Labute approximate surface area is 128 Å². The summed E-state index contributed by atoms with van der Waals surface area (Å²) in [6, 6.07) is 6.61. The van der Waals surface area contributed by atoms with Crippen molar-refractivity contribution >= 4 is 5.69 Å². The second-order valence-corrected chi connectivity index (χ2v) is 6.44. The first-order chi connectivity index (χ1) is 9.97. The molecule has 2 rings (SSSR count). The topological polar surface area (TPSA) is 18.5 Å². The molecule has 21 heavy (non-hydrogen) atoms. The summed E-state index contributed by atoms with van der Waals surface area (Å²) < 4.78 is 14.3. The minimum atomic E-state index is -0.101. The fourth-order valence-electron chi connectivity index (χ4n) is 2.72. The summed E-state index contributed by atoms with van der Waals surface area (Å²) in [6.45, 7) is 13.2. The molecule has 0 aromatic heterocycles. The summed E-state index contributed by atoms with van der Waals surface area (Å²) >= 11 is 0. The quantitative estimate of drug-likeness (QED) is 0.900. The lowest BCUT2D eigenvalue weighted by atomic mass is 10.1. The molecule has 1 fully saturated rings. The lowest BCUT2D eigenvalue weighted by Crippen LogP contribution is -2.49. The van der Waals surface area contributed by atoms with E-state index in [9.17, 15) is 4.39 Å². The standard InChI is InChI=1S/C17H28FN3/c1-13(2)19-12-15-5-6-17(16(18)11-15)21-9-7-20(8-10-21)14(3)4/h5-6,11,13-14,19H,7-10,12H2,1-4H3. The van der Waals surface area contributed by atoms with Gasteiger partial charge in [0.2, 0.25) is 0 Å². The molecule has 0 unspecified atom stereocenters. The fraction of sp³-hybridized carbons (Fsp3) is 0.647. The van der Waals surface area contributed by atoms with Gasteiger partial charge in [-0.25, -0.2) is 4.39 Å². The predicted molar refractivity (Wildman–Crippen MR) is 87.3 cm³/mol. The van der Waals surface area contributed by atoms with Gasteiger partial charge in [-0.05, 0) is 31.5 Å². The van der Waals surface area contributed by atoms with Crippen LogP contribution >= 0.6 is 0 Å². The average molecular weight is 293 g/mol. The normalized spacial score (nSPS) is 17.0. The van der Waals surface area contributed by atoms with Crippen LogP contribution in [0.1, 0.15) is 33.3 Å². The Morgan fingerprint density at radius 1 is 1.10 bits per heavy atom. The van der Waals surface area contributed by atoms with Gasteiger partial charge < -0.3 is 10.2 Å². The maximum absolute atomic E-state index is 14.3. The summed E-state index contributed by atoms with van der Waals surface area (Å²) in [4.78, 5) is 4.60. The molecule has 4 heteroatoms. The Balaban J connectivity index is 1.98. The maximum atomic E-state index is 14.3. The molecule has 1 aliphatic rings. The third kappa shape index (κ3) is 4.42. The van der Waals surface area contributed by atoms with Gasteiger partial charge in [-0.2, -0.15) is 0 Å². The van der Waals surface area contributed by atoms with Crippen LogP contribution in [0.25, 0.3) is 0 Å². The molecule has 1 aromatic rings. The highest BCUT2D eigenvalue weighted by Gasteiger charge is 2.20. The van der Waals surface area contributed by atoms with Gasteiger partial charge in [0.15, 0.2) is 0 Å². The largest absolute Gasteiger partial charge is 0.367 e. The molecule has 0 spiro atoms. The first kappa shape index (κ1) is 16.2. The van der Waals surface area contributed by atoms with E-state index in [-0.39, 0.29) is 5.82 Å². The zero-order valence-corrected chi connectivity index (χ0v) is 13.7. The zero-order valence-electron chi connectivity index (χ0n) is 13.7. The van der Waals surface area contributed by atoms with Crippen LogP contribution in [0.4, 0.5) is 10.1 Å². The molecule has 1 aromatic carbocycles. The van der Waals surface area contributed by atoms with Crippen molar-refractivity contribution in [1.82, 2.24) is 10.2 Å². The molecule has 1 saturated heterocycles. The average Bonchev–Trinajstić information content (AvgIpc) is 2.45. The van der Waals surface area contributed by atoms with E-state index in [1.807, 2.05) is 12.1 Å². The number of anilines is 1. The summed E-state index contributed by atoms with van der Waals surface area (Å²) in [6.07, 6.45) is 0. The maximum Gasteiger partial charge on any atom is 0.146 e. The Kier molecular flexibility index (Phi) is 5.59. The zero-order chi connectivity index (χ0) is 15.4. The number of hydrogen-bond acceptors (Lipinski definition) is 3. The van der Waals surface area contributed by atoms with Crippen molar-refractivity contribution in [1.29, 1.82) is 0 Å². The minimum absolute atomic E-state index is 0.101. The van der Waals surface area contributed by atoms with Crippen LogP contribution in [-0.2, 0) is 6.54 Å². The molecule has 0 saturated carbocycles. The van der Waals surface area contributed by atoms with Gasteiger partial charge >= 0.3 is 0 Å². The van der Waals surface area contributed by atoms with Crippen LogP contribution in [0.2, 0.25) is 0 Å². The van der Waals surface area contributed by atoms with Gasteiger partial charge in [-0.1, -0.05) is 19.9 Å². The molecule has 0 amide bonds. The molecular formula is C17H28FN3. The van der Waals surface area contributed by atoms with Gasteiger partial charge in [0.25, 0.3) is 0 Å². The molecule has 3 nitrogen and oxygen atoms in total. The van der Waals surface area contributed by atoms with E-state index in [1.165, 1.54) is 0 Å². The third-order valence-electron chi connectivity index (χ3n) is 4.11. The minimum Gasteiger partial charge on any atom is -0.367 e. The number of rotatable bonds is 5. The number of piperazine rings is 1. The monoisotopic (exact) mass is 293 g/mol. The summed E-state index contributed by atoms with van der Waals surface area (Å²) in [5.74, 6) is -0.101. The molecule has 0 atom stereocenters. The van der Waals surface area contributed by atoms with Crippen LogP contribution in [0.3, 0.4) is 0 Å². The van der Waals surface area contributed by atoms with Crippen molar-refractivity contribution in [2.75, 3.05) is 31.1 Å². The van der Waals surface area contributed by atoms with E-state index in [0.29, 0.717) is 12.1 Å². The lowest BCUT2D eigenvalue weighted by molar-refractivity contribution is 0.209. The fourth-order valence-corrected chi connectivity index (χ4v) is 2.72. The van der Waals surface area contributed by atoms with E-state index >= 15 is 0 Å². The van der Waals surface area contributed by atoms with E-state index in [1.54, 1.807) is 6.07 Å². The summed E-state index contributed by atoms with van der Waals surface area (Å²) in [5.41, 5.74) is 1.75. The highest BCUT2D eigenvalue weighted by Crippen LogP contribution is 2.22. The number of halogens is 1. The van der Waals surface area contributed by atoms with Crippen molar-refractivity contribution in [2.45, 2.75) is 46.3 Å². The van der Waals surface area contributed by atoms with Gasteiger partial charge in [-0.15, -0.1) is 0 Å². The van der Waals surface area contributed by atoms with Crippen molar-refractivity contribution in [3.05, 3.63) is 29.6 Å². The first-order valence-electron chi connectivity index (χ1n) is 7.98. The van der Waals surface area contributed by atoms with Gasteiger partial charge in [0.05, 0.1) is 5.69 Å². The molecule has 1 aliphatic heterocycles. The predicted octanol–water partition coefficient (Wildman–Crippen LogP) is 2.85. The highest BCUT2D eigenvalue weighted by atomic mass is 19.1. The molecule has 1 heterocycles. The second-order valence-electron chi connectivity index (χ2n) is 6.44.